The van der Waals surface area contributed by atoms with Gasteiger partial charge in [0.25, 0.3) is 0 Å². The van der Waals surface area contributed by atoms with Crippen LogP contribution in [0.1, 0.15) is 310 Å². The van der Waals surface area contributed by atoms with Crippen molar-refractivity contribution >= 4 is 39.5 Å². The van der Waals surface area contributed by atoms with Gasteiger partial charge in [0.15, 0.2) is 12.2 Å². The van der Waals surface area contributed by atoms with Crippen LogP contribution in [-0.2, 0) is 65.4 Å². The molecule has 3 N–H and O–H groups in total. The molecule has 17 nitrogen and oxygen atoms in total. The number of carbonyl (C=O) groups excluding carboxylic acids is 4. The highest BCUT2D eigenvalue weighted by atomic mass is 31.2. The standard InChI is InChI=1S/C81H138O17P2/c1-5-9-13-17-21-25-29-33-36-37-40-43-46-50-54-58-62-66-79(84)92-72-77(98-81(86)68-64-60-56-52-48-44-39-35-31-27-23-19-15-11-7-3)74-96-100(89,90)94-70-75(82)69-93-99(87,88)95-73-76(97-80(85)67-63-59-55-51-47-41-32-28-24-20-16-12-8-4)71-91-78(83)65-61-57-53-49-45-42-38-34-30-26-22-18-14-10-6-2/h9-10,13-14,16,20-22,25-26,28,32-34,36,38,40,43,50,54,75-77,82H,5-8,11-12,15,17-19,23-24,27,29-31,35,37,39,41-42,44-49,51-53,55-74H2,1-4H3,(H,87,88)(H,89,90)/b13-9-,14-10-,20-16-,25-21-,26-22-,32-28-,36-33-,38-34-,43-40-,54-50-. The number of esters is 4. The average molecular weight is 1450 g/mol. The Hall–Kier alpha value is -4.54. The van der Waals surface area contributed by atoms with E-state index in [9.17, 15) is 43.2 Å². The number of ether oxygens (including phenoxy) is 4. The number of aliphatic hydroxyl groups excluding tert-OH is 1. The summed E-state index contributed by atoms with van der Waals surface area (Å²) in [5, 5.41) is 10.6. The van der Waals surface area contributed by atoms with Gasteiger partial charge in [0.05, 0.1) is 26.4 Å². The summed E-state index contributed by atoms with van der Waals surface area (Å²) in [5.74, 6) is -2.27. The van der Waals surface area contributed by atoms with E-state index in [0.717, 1.165) is 161 Å². The SMILES string of the molecule is CC/C=C\C/C=C\C/C=C\C/C=C\C/C=C\CCCC(=O)OCC(COP(=O)(O)OCC(O)COP(=O)(O)OCC(COC(=O)CCCCCCC/C=C\C/C=C\C/C=C\CC)OC(=O)CCCCCCC/C=C\C/C=C\CCC)OC(=O)CCCCCCCCCCCCCCCCC. The number of hydrogen-bond acceptors (Lipinski definition) is 15. The minimum Gasteiger partial charge on any atom is -0.462 e. The Kier molecular flexibility index (Phi) is 69.5. The summed E-state index contributed by atoms with van der Waals surface area (Å²) in [5.41, 5.74) is 0. The first-order valence-electron chi connectivity index (χ1n) is 38.8. The monoisotopic (exact) mass is 1440 g/mol. The molecule has 0 bridgehead atoms. The predicted octanol–water partition coefficient (Wildman–Crippen LogP) is 22.3. The minimum absolute atomic E-state index is 0.0719. The molecular weight excluding hydrogens is 1310 g/mol. The second-order valence-electron chi connectivity index (χ2n) is 25.5. The highest BCUT2D eigenvalue weighted by molar-refractivity contribution is 7.47. The second-order valence-corrected chi connectivity index (χ2v) is 28.4. The number of phosphoric ester groups is 2. The van der Waals surface area contributed by atoms with E-state index in [2.05, 4.69) is 137 Å². The van der Waals surface area contributed by atoms with Gasteiger partial charge in [-0.25, -0.2) is 9.13 Å². The summed E-state index contributed by atoms with van der Waals surface area (Å²) in [6, 6.07) is 0. The van der Waals surface area contributed by atoms with E-state index >= 15 is 0 Å². The van der Waals surface area contributed by atoms with E-state index in [1.54, 1.807) is 0 Å². The Labute approximate surface area is 606 Å². The average Bonchev–Trinajstić information content (AvgIpc) is 1.06. The zero-order valence-corrected chi connectivity index (χ0v) is 64.4. The van der Waals surface area contributed by atoms with E-state index in [0.29, 0.717) is 32.1 Å². The van der Waals surface area contributed by atoms with Crippen molar-refractivity contribution in [2.24, 2.45) is 0 Å². The lowest BCUT2D eigenvalue weighted by atomic mass is 10.0. The van der Waals surface area contributed by atoms with Crippen molar-refractivity contribution in [2.45, 2.75) is 329 Å². The van der Waals surface area contributed by atoms with Gasteiger partial charge in [0, 0.05) is 25.7 Å². The van der Waals surface area contributed by atoms with Crippen molar-refractivity contribution in [3.63, 3.8) is 0 Å². The molecule has 0 heterocycles. The van der Waals surface area contributed by atoms with Gasteiger partial charge in [0.2, 0.25) is 0 Å². The maximum absolute atomic E-state index is 13.1. The first-order chi connectivity index (χ1) is 48.7. The number of phosphoric acid groups is 2. The van der Waals surface area contributed by atoms with Gasteiger partial charge in [-0.1, -0.05) is 284 Å². The Balaban J connectivity index is 5.41. The Morgan fingerprint density at radius 3 is 0.880 bits per heavy atom. The number of carbonyl (C=O) groups is 4. The number of hydrogen-bond donors (Lipinski definition) is 3. The molecule has 0 aliphatic heterocycles. The van der Waals surface area contributed by atoms with E-state index in [1.807, 2.05) is 12.2 Å². The summed E-state index contributed by atoms with van der Waals surface area (Å²) in [6.45, 7) is 4.50. The van der Waals surface area contributed by atoms with Crippen molar-refractivity contribution in [1.82, 2.24) is 0 Å². The number of unbranched alkanes of at least 4 members (excludes halogenated alkanes) is 26. The summed E-state index contributed by atoms with van der Waals surface area (Å²) < 4.78 is 68.4. The molecule has 0 aliphatic rings. The van der Waals surface area contributed by atoms with Crippen LogP contribution < -0.4 is 0 Å². The first-order valence-corrected chi connectivity index (χ1v) is 41.8. The quantitative estimate of drug-likeness (QED) is 0.0169. The normalized spacial score (nSPS) is 14.6. The molecule has 574 valence electrons. The summed E-state index contributed by atoms with van der Waals surface area (Å²) in [6.07, 6.45) is 79.1. The van der Waals surface area contributed by atoms with E-state index in [4.69, 9.17) is 37.0 Å². The van der Waals surface area contributed by atoms with Crippen molar-refractivity contribution < 1.29 is 80.2 Å². The Morgan fingerprint density at radius 1 is 0.290 bits per heavy atom. The smallest absolute Gasteiger partial charge is 0.462 e. The lowest BCUT2D eigenvalue weighted by Crippen LogP contribution is -2.30. The zero-order valence-electron chi connectivity index (χ0n) is 62.6. The third-order valence-electron chi connectivity index (χ3n) is 15.9. The Bertz CT molecular complexity index is 2370. The van der Waals surface area contributed by atoms with Gasteiger partial charge >= 0.3 is 39.5 Å². The molecule has 0 saturated carbocycles. The molecule has 0 aromatic carbocycles. The lowest BCUT2D eigenvalue weighted by Gasteiger charge is -2.21. The van der Waals surface area contributed by atoms with Gasteiger partial charge in [0.1, 0.15) is 19.3 Å². The molecule has 0 radical (unpaired) electrons. The van der Waals surface area contributed by atoms with Crippen LogP contribution in [0.2, 0.25) is 0 Å². The largest absolute Gasteiger partial charge is 0.472 e. The Morgan fingerprint density at radius 2 is 0.550 bits per heavy atom. The fourth-order valence-electron chi connectivity index (χ4n) is 10.1. The van der Waals surface area contributed by atoms with Crippen molar-refractivity contribution in [3.05, 3.63) is 122 Å². The van der Waals surface area contributed by atoms with Crippen LogP contribution in [0.3, 0.4) is 0 Å². The van der Waals surface area contributed by atoms with Crippen molar-refractivity contribution in [3.8, 4) is 0 Å². The third-order valence-corrected chi connectivity index (χ3v) is 17.8. The van der Waals surface area contributed by atoms with Crippen LogP contribution in [0.5, 0.6) is 0 Å². The molecule has 19 heteroatoms. The summed E-state index contributed by atoms with van der Waals surface area (Å²) in [4.78, 5) is 72.9. The van der Waals surface area contributed by atoms with Gasteiger partial charge in [-0.05, 0) is 122 Å². The molecule has 0 aromatic heterocycles. The fourth-order valence-corrected chi connectivity index (χ4v) is 11.7. The summed E-state index contributed by atoms with van der Waals surface area (Å²) >= 11 is 0. The maximum Gasteiger partial charge on any atom is 0.472 e. The fraction of sp³-hybridized carbons (Fsp3) is 0.704. The topological polar surface area (TPSA) is 237 Å². The highest BCUT2D eigenvalue weighted by Gasteiger charge is 2.30. The minimum atomic E-state index is -4.99. The highest BCUT2D eigenvalue weighted by Crippen LogP contribution is 2.45. The molecule has 0 rings (SSSR count). The molecule has 0 amide bonds. The van der Waals surface area contributed by atoms with Gasteiger partial charge in [-0.3, -0.25) is 37.3 Å². The lowest BCUT2D eigenvalue weighted by molar-refractivity contribution is -0.161. The molecule has 100 heavy (non-hydrogen) atoms. The molecule has 0 saturated heterocycles. The van der Waals surface area contributed by atoms with Gasteiger partial charge in [-0.15, -0.1) is 0 Å². The molecule has 5 unspecified atom stereocenters. The molecular formula is C81H138O17P2. The van der Waals surface area contributed by atoms with Crippen LogP contribution >= 0.6 is 15.6 Å². The van der Waals surface area contributed by atoms with E-state index < -0.39 is 97.5 Å². The van der Waals surface area contributed by atoms with Crippen LogP contribution in [-0.4, -0.2) is 96.7 Å². The predicted molar refractivity (Wildman–Crippen MR) is 408 cm³/mol. The molecule has 0 aliphatic carbocycles. The van der Waals surface area contributed by atoms with Crippen molar-refractivity contribution in [2.75, 3.05) is 39.6 Å². The zero-order chi connectivity index (χ0) is 73.2. The second kappa shape index (κ2) is 72.8. The molecule has 5 atom stereocenters. The van der Waals surface area contributed by atoms with Crippen LogP contribution in [0.25, 0.3) is 0 Å². The number of allylic oxidation sites excluding steroid dienone is 20. The van der Waals surface area contributed by atoms with Gasteiger partial charge in [-0.2, -0.15) is 0 Å². The number of rotatable bonds is 72. The number of aliphatic hydroxyl groups is 1. The summed E-state index contributed by atoms with van der Waals surface area (Å²) in [7, 11) is -9.97. The molecule has 0 spiro atoms. The first kappa shape index (κ1) is 95.5. The van der Waals surface area contributed by atoms with E-state index in [-0.39, 0.29) is 25.7 Å². The maximum atomic E-state index is 13.1. The van der Waals surface area contributed by atoms with Crippen molar-refractivity contribution in [1.29, 1.82) is 0 Å². The molecule has 0 fully saturated rings. The van der Waals surface area contributed by atoms with Gasteiger partial charge < -0.3 is 33.8 Å². The third kappa shape index (κ3) is 71.8. The molecule has 0 aromatic rings. The van der Waals surface area contributed by atoms with E-state index in [1.165, 1.54) is 64.2 Å². The van der Waals surface area contributed by atoms with Crippen LogP contribution in [0, 0.1) is 0 Å². The van der Waals surface area contributed by atoms with Crippen LogP contribution in [0.15, 0.2) is 122 Å². The van der Waals surface area contributed by atoms with Crippen LogP contribution in [0.4, 0.5) is 0 Å².